The first-order valence-electron chi connectivity index (χ1n) is 18.7. The molecule has 2 amide bonds. The molecule has 3 aliphatic heterocycles. The van der Waals surface area contributed by atoms with Crippen molar-refractivity contribution >= 4 is 11.8 Å². The molecule has 0 radical (unpaired) electrons. The Bertz CT molecular complexity index is 1530. The maximum Gasteiger partial charge on any atom is 0.330 e. The van der Waals surface area contributed by atoms with Gasteiger partial charge in [0.2, 0.25) is 11.8 Å². The normalized spacial score (nSPS) is 35.8. The summed E-state index contributed by atoms with van der Waals surface area (Å²) in [6, 6.07) is -2.01. The predicted molar refractivity (Wildman–Crippen MR) is 189 cm³/mol. The number of aromatic nitrogens is 2. The third-order valence-corrected chi connectivity index (χ3v) is 10.0. The number of unbranched alkanes of at least 4 members (excludes halogenated alkanes) is 7. The van der Waals surface area contributed by atoms with Gasteiger partial charge >= 0.3 is 5.69 Å². The van der Waals surface area contributed by atoms with Crippen molar-refractivity contribution in [2.45, 2.75) is 164 Å². The highest BCUT2D eigenvalue weighted by Gasteiger charge is 2.53. The first-order chi connectivity index (χ1) is 26.2. The van der Waals surface area contributed by atoms with Crippen LogP contribution >= 0.6 is 0 Å². The van der Waals surface area contributed by atoms with Crippen molar-refractivity contribution in [3.8, 4) is 0 Å². The van der Waals surface area contributed by atoms with Crippen LogP contribution in [-0.2, 0) is 28.5 Å². The van der Waals surface area contributed by atoms with Crippen molar-refractivity contribution in [2.24, 2.45) is 0 Å². The lowest BCUT2D eigenvalue weighted by molar-refractivity contribution is -0.346. The molecule has 15 atom stereocenters. The molecule has 1 aromatic heterocycles. The summed E-state index contributed by atoms with van der Waals surface area (Å²) in [4.78, 5) is 50.9. The van der Waals surface area contributed by atoms with E-state index in [2.05, 4.69) is 17.6 Å². The molecule has 20 heteroatoms. The Morgan fingerprint density at radius 3 is 2.07 bits per heavy atom. The summed E-state index contributed by atoms with van der Waals surface area (Å²) in [6.07, 6.45) is -10.3. The molecule has 312 valence electrons. The fourth-order valence-corrected chi connectivity index (χ4v) is 6.97. The van der Waals surface area contributed by atoms with E-state index in [0.29, 0.717) is 6.42 Å². The number of aliphatic hydroxyl groups is 8. The topological polar surface area (TPSA) is 312 Å². The second-order valence-electron chi connectivity index (χ2n) is 14.2. The average molecular weight is 789 g/mol. The summed E-state index contributed by atoms with van der Waals surface area (Å²) in [7, 11) is 0. The number of hydrogen-bond acceptors (Lipinski definition) is 16. The summed E-state index contributed by atoms with van der Waals surface area (Å²) in [5.74, 6) is -1.35. The number of ether oxygens (including phenoxy) is 4. The number of allylic oxidation sites excluding steroid dienone is 1. The largest absolute Gasteiger partial charge is 0.394 e. The summed E-state index contributed by atoms with van der Waals surface area (Å²) < 4.78 is 24.0. The first kappa shape index (κ1) is 44.6. The van der Waals surface area contributed by atoms with Gasteiger partial charge in [-0.25, -0.2) is 4.79 Å². The number of amides is 2. The van der Waals surface area contributed by atoms with Crippen LogP contribution in [0.5, 0.6) is 0 Å². The van der Waals surface area contributed by atoms with Crippen LogP contribution in [0.2, 0.25) is 0 Å². The van der Waals surface area contributed by atoms with Gasteiger partial charge in [0.05, 0.1) is 18.8 Å². The Labute approximate surface area is 316 Å². The first-order valence-corrected chi connectivity index (χ1v) is 18.7. The molecule has 3 saturated heterocycles. The second kappa shape index (κ2) is 20.9. The van der Waals surface area contributed by atoms with Crippen LogP contribution < -0.4 is 21.9 Å². The summed E-state index contributed by atoms with van der Waals surface area (Å²) in [6.45, 7) is 2.49. The number of carbonyl (C=O) groups excluding carboxylic acids is 2. The Morgan fingerprint density at radius 1 is 0.855 bits per heavy atom. The fraction of sp³-hybridized carbons (Fsp3) is 0.771. The molecular weight excluding hydrogens is 732 g/mol. The van der Waals surface area contributed by atoms with Gasteiger partial charge in [0.15, 0.2) is 18.8 Å². The van der Waals surface area contributed by atoms with E-state index >= 15 is 0 Å². The zero-order valence-corrected chi connectivity index (χ0v) is 30.8. The van der Waals surface area contributed by atoms with Crippen LogP contribution in [0.3, 0.4) is 0 Å². The third kappa shape index (κ3) is 11.5. The Balaban J connectivity index is 1.51. The third-order valence-electron chi connectivity index (χ3n) is 10.0. The average Bonchev–Trinajstić information content (AvgIpc) is 3.43. The van der Waals surface area contributed by atoms with Gasteiger partial charge in [0, 0.05) is 25.6 Å². The van der Waals surface area contributed by atoms with Crippen LogP contribution in [0.4, 0.5) is 0 Å². The number of H-pyrrole nitrogens is 1. The van der Waals surface area contributed by atoms with E-state index in [4.69, 9.17) is 18.9 Å². The summed E-state index contributed by atoms with van der Waals surface area (Å²) >= 11 is 0. The van der Waals surface area contributed by atoms with E-state index < -0.39 is 128 Å². The minimum atomic E-state index is -1.85. The van der Waals surface area contributed by atoms with E-state index in [9.17, 15) is 60.0 Å². The molecule has 4 heterocycles. The van der Waals surface area contributed by atoms with E-state index in [1.807, 2.05) is 4.98 Å². The summed E-state index contributed by atoms with van der Waals surface area (Å²) in [5, 5.41) is 91.1. The molecule has 0 spiro atoms. The highest BCUT2D eigenvalue weighted by atomic mass is 16.8. The zero-order valence-electron chi connectivity index (χ0n) is 30.8. The number of rotatable bonds is 18. The van der Waals surface area contributed by atoms with E-state index in [1.54, 1.807) is 6.08 Å². The molecule has 0 aromatic carbocycles. The standard InChI is InChI=1S/C35H56N4O16/c1-3-4-5-6-7-8-9-10-11-12-21(43)37-24-28(48)25(45)19(52-34(24)55-33-23(36-17(2)41)27(47)26(46)20(16-40)53-33)15-18(42)31-29(49)30(50)32(54-31)39-14-13-22(44)38-35(39)51/h11-14,18-20,23-34,40,42,45-50H,3-10,15-16H2,1-2H3,(H,36,41)(H,37,43)(H,38,44,51)/b12-11+/t18-,19-,20+,23+,24-,25+,26+,27+,28-,29+,30-,31-,32-,33+,34+/m1/s1. The lowest BCUT2D eigenvalue weighted by Gasteiger charge is -2.47. The fourth-order valence-electron chi connectivity index (χ4n) is 6.97. The molecule has 0 bridgehead atoms. The van der Waals surface area contributed by atoms with E-state index in [0.717, 1.165) is 55.9 Å². The van der Waals surface area contributed by atoms with Crippen LogP contribution in [-0.4, -0.2) is 155 Å². The van der Waals surface area contributed by atoms with Crippen molar-refractivity contribution in [1.82, 2.24) is 20.2 Å². The van der Waals surface area contributed by atoms with Gasteiger partial charge in [0.1, 0.15) is 60.9 Å². The van der Waals surface area contributed by atoms with E-state index in [1.165, 1.54) is 18.9 Å². The number of hydrogen-bond donors (Lipinski definition) is 11. The van der Waals surface area contributed by atoms with Gasteiger partial charge in [-0.3, -0.25) is 23.9 Å². The molecule has 4 rings (SSSR count). The van der Waals surface area contributed by atoms with Gasteiger partial charge in [-0.1, -0.05) is 51.5 Å². The van der Waals surface area contributed by atoms with Gasteiger partial charge < -0.3 is 70.4 Å². The second-order valence-corrected chi connectivity index (χ2v) is 14.2. The van der Waals surface area contributed by atoms with Crippen molar-refractivity contribution < 1.29 is 69.4 Å². The maximum atomic E-state index is 13.1. The van der Waals surface area contributed by atoms with Crippen molar-refractivity contribution in [1.29, 1.82) is 0 Å². The highest BCUT2D eigenvalue weighted by molar-refractivity contribution is 5.87. The molecule has 3 fully saturated rings. The highest BCUT2D eigenvalue weighted by Crippen LogP contribution is 2.34. The minimum Gasteiger partial charge on any atom is -0.394 e. The molecule has 0 aliphatic carbocycles. The molecular formula is C35H56N4O16. The number of nitrogens with one attached hydrogen (secondary N) is 3. The molecule has 1 aromatic rings. The Morgan fingerprint density at radius 2 is 1.45 bits per heavy atom. The van der Waals surface area contributed by atoms with Crippen LogP contribution in [0.25, 0.3) is 0 Å². The Kier molecular flexibility index (Phi) is 16.9. The maximum absolute atomic E-state index is 13.1. The molecule has 3 aliphatic rings. The van der Waals surface area contributed by atoms with Crippen LogP contribution in [0.15, 0.2) is 34.0 Å². The minimum absolute atomic E-state index is 0.597. The van der Waals surface area contributed by atoms with Crippen molar-refractivity contribution in [3.05, 3.63) is 45.3 Å². The van der Waals surface area contributed by atoms with Crippen molar-refractivity contribution in [2.75, 3.05) is 6.61 Å². The van der Waals surface area contributed by atoms with Crippen molar-refractivity contribution in [3.63, 3.8) is 0 Å². The number of aromatic amines is 1. The molecule has 20 nitrogen and oxygen atoms in total. The van der Waals surface area contributed by atoms with Crippen LogP contribution in [0, 0.1) is 0 Å². The van der Waals surface area contributed by atoms with Gasteiger partial charge in [-0.15, -0.1) is 0 Å². The molecule has 0 unspecified atom stereocenters. The summed E-state index contributed by atoms with van der Waals surface area (Å²) in [5.41, 5.74) is -1.68. The number of nitrogens with zero attached hydrogens (tertiary/aromatic N) is 1. The molecule has 11 N–H and O–H groups in total. The van der Waals surface area contributed by atoms with Gasteiger partial charge in [0.25, 0.3) is 5.56 Å². The van der Waals surface area contributed by atoms with E-state index in [-0.39, 0.29) is 0 Å². The molecule has 55 heavy (non-hydrogen) atoms. The SMILES string of the molecule is CCCCCCCCC/C=C/C(=O)N[C@H]1[C@H](O[C@@H]2O[C@@H](CO)[C@H](O)[C@@H](O)[C@@H]2NC(C)=O)O[C@H](C[C@@H](O)[C@H]2O[C@@H](n3ccc(=O)[nH]c3=O)[C@H](O)[C@@H]2O)[C@H](O)[C@@H]1O. The lowest BCUT2D eigenvalue weighted by Crippen LogP contribution is -2.68. The Hall–Kier alpha value is -3.12. The molecule has 0 saturated carbocycles. The van der Waals surface area contributed by atoms with Gasteiger partial charge in [-0.2, -0.15) is 0 Å². The van der Waals surface area contributed by atoms with Crippen LogP contribution in [0.1, 0.15) is 77.9 Å². The number of carbonyl (C=O) groups is 2. The zero-order chi connectivity index (χ0) is 40.4. The van der Waals surface area contributed by atoms with Gasteiger partial charge in [-0.05, 0) is 18.9 Å². The smallest absolute Gasteiger partial charge is 0.330 e. The quantitative estimate of drug-likeness (QED) is 0.0508. The lowest BCUT2D eigenvalue weighted by atomic mass is 9.91. The number of aliphatic hydroxyl groups excluding tert-OH is 8. The predicted octanol–water partition coefficient (Wildman–Crippen LogP) is -3.50. The monoisotopic (exact) mass is 788 g/mol.